The SMILES string of the molecule is Cc1ccccc1C(CO)(CO)Cc1cscn1. The fraction of sp³-hybridized carbons (Fsp3) is 0.357. The molecule has 0 radical (unpaired) electrons. The van der Waals surface area contributed by atoms with Crippen LogP contribution in [0.2, 0.25) is 0 Å². The van der Waals surface area contributed by atoms with E-state index in [1.54, 1.807) is 5.51 Å². The zero-order valence-corrected chi connectivity index (χ0v) is 11.2. The summed E-state index contributed by atoms with van der Waals surface area (Å²) in [5.41, 5.74) is 4.09. The quantitative estimate of drug-likeness (QED) is 0.866. The van der Waals surface area contributed by atoms with Crippen LogP contribution in [-0.4, -0.2) is 28.4 Å². The standard InChI is InChI=1S/C14H17NO2S/c1-11-4-2-3-5-13(11)14(8-16,9-17)6-12-7-18-10-15-12/h2-5,7,10,16-17H,6,8-9H2,1H3. The molecule has 0 spiro atoms. The molecule has 0 atom stereocenters. The molecule has 0 unspecified atom stereocenters. The van der Waals surface area contributed by atoms with Crippen LogP contribution in [-0.2, 0) is 11.8 Å². The van der Waals surface area contributed by atoms with Crippen molar-refractivity contribution < 1.29 is 10.2 Å². The maximum absolute atomic E-state index is 9.77. The molecule has 0 amide bonds. The fourth-order valence-corrected chi connectivity index (χ4v) is 2.83. The Morgan fingerprint density at radius 2 is 1.94 bits per heavy atom. The predicted octanol–water partition coefficient (Wildman–Crippen LogP) is 1.92. The van der Waals surface area contributed by atoms with E-state index in [1.807, 2.05) is 36.6 Å². The predicted molar refractivity (Wildman–Crippen MR) is 72.8 cm³/mol. The number of thiazole rings is 1. The maximum Gasteiger partial charge on any atom is 0.0794 e. The van der Waals surface area contributed by atoms with Crippen molar-refractivity contribution in [1.29, 1.82) is 0 Å². The Hall–Kier alpha value is -1.23. The first-order valence-corrected chi connectivity index (χ1v) is 6.81. The highest BCUT2D eigenvalue weighted by atomic mass is 32.1. The fourth-order valence-electron chi connectivity index (χ4n) is 2.27. The molecule has 0 fully saturated rings. The normalized spacial score (nSPS) is 11.7. The summed E-state index contributed by atoms with van der Waals surface area (Å²) in [7, 11) is 0. The van der Waals surface area contributed by atoms with Crippen molar-refractivity contribution >= 4 is 11.3 Å². The molecule has 0 saturated carbocycles. The monoisotopic (exact) mass is 263 g/mol. The van der Waals surface area contributed by atoms with Crippen LogP contribution in [0.15, 0.2) is 35.2 Å². The Balaban J connectivity index is 2.40. The Bertz CT molecular complexity index is 492. The van der Waals surface area contributed by atoms with Crippen molar-refractivity contribution in [3.05, 3.63) is 52.0 Å². The molecule has 2 rings (SSSR count). The highest BCUT2D eigenvalue weighted by Gasteiger charge is 2.33. The van der Waals surface area contributed by atoms with E-state index in [0.29, 0.717) is 6.42 Å². The number of hydrogen-bond donors (Lipinski definition) is 2. The molecule has 4 heteroatoms. The molecular weight excluding hydrogens is 246 g/mol. The number of hydrogen-bond acceptors (Lipinski definition) is 4. The van der Waals surface area contributed by atoms with Gasteiger partial charge in [-0.15, -0.1) is 11.3 Å². The van der Waals surface area contributed by atoms with Crippen molar-refractivity contribution in [3.8, 4) is 0 Å². The van der Waals surface area contributed by atoms with Gasteiger partial charge in [-0.3, -0.25) is 0 Å². The lowest BCUT2D eigenvalue weighted by Crippen LogP contribution is -2.38. The number of aliphatic hydroxyl groups excluding tert-OH is 2. The van der Waals surface area contributed by atoms with Crippen LogP contribution in [0, 0.1) is 6.92 Å². The molecule has 18 heavy (non-hydrogen) atoms. The molecule has 0 aliphatic rings. The molecule has 0 bridgehead atoms. The number of aliphatic hydroxyl groups is 2. The van der Waals surface area contributed by atoms with Crippen LogP contribution in [0.1, 0.15) is 16.8 Å². The molecule has 1 aromatic heterocycles. The Morgan fingerprint density at radius 3 is 2.50 bits per heavy atom. The first kappa shape index (κ1) is 13.2. The van der Waals surface area contributed by atoms with Crippen molar-refractivity contribution in [2.24, 2.45) is 0 Å². The molecule has 0 aliphatic carbocycles. The van der Waals surface area contributed by atoms with E-state index in [9.17, 15) is 10.2 Å². The smallest absolute Gasteiger partial charge is 0.0794 e. The minimum absolute atomic E-state index is 0.0914. The van der Waals surface area contributed by atoms with Gasteiger partial charge in [0.1, 0.15) is 0 Å². The molecule has 1 heterocycles. The summed E-state index contributed by atoms with van der Waals surface area (Å²) < 4.78 is 0. The second-order valence-corrected chi connectivity index (χ2v) is 5.29. The second kappa shape index (κ2) is 5.61. The summed E-state index contributed by atoms with van der Waals surface area (Å²) in [6.07, 6.45) is 0.550. The van der Waals surface area contributed by atoms with Gasteiger partial charge in [-0.25, -0.2) is 4.98 Å². The minimum Gasteiger partial charge on any atom is -0.395 e. The third-order valence-corrected chi connectivity index (χ3v) is 3.96. The number of nitrogens with zero attached hydrogens (tertiary/aromatic N) is 1. The average Bonchev–Trinajstić information content (AvgIpc) is 2.90. The van der Waals surface area contributed by atoms with Gasteiger partial charge in [0, 0.05) is 17.2 Å². The number of aryl methyl sites for hydroxylation is 1. The van der Waals surface area contributed by atoms with Crippen molar-refractivity contribution in [2.45, 2.75) is 18.8 Å². The Labute approximate surface area is 111 Å². The van der Waals surface area contributed by atoms with E-state index < -0.39 is 5.41 Å². The lowest BCUT2D eigenvalue weighted by Gasteiger charge is -2.31. The van der Waals surface area contributed by atoms with Gasteiger partial charge in [-0.2, -0.15) is 0 Å². The van der Waals surface area contributed by atoms with Crippen LogP contribution < -0.4 is 0 Å². The van der Waals surface area contributed by atoms with E-state index in [4.69, 9.17) is 0 Å². The molecule has 2 N–H and O–H groups in total. The lowest BCUT2D eigenvalue weighted by molar-refractivity contribution is 0.115. The number of aromatic nitrogens is 1. The van der Waals surface area contributed by atoms with Crippen molar-refractivity contribution in [2.75, 3.05) is 13.2 Å². The molecule has 3 nitrogen and oxygen atoms in total. The molecular formula is C14H17NO2S. The molecule has 96 valence electrons. The average molecular weight is 263 g/mol. The van der Waals surface area contributed by atoms with Gasteiger partial charge in [-0.05, 0) is 18.1 Å². The molecule has 2 aromatic rings. The van der Waals surface area contributed by atoms with Crippen LogP contribution in [0.4, 0.5) is 0 Å². The molecule has 0 aliphatic heterocycles. The van der Waals surface area contributed by atoms with Gasteiger partial charge in [0.25, 0.3) is 0 Å². The van der Waals surface area contributed by atoms with Gasteiger partial charge in [0.15, 0.2) is 0 Å². The summed E-state index contributed by atoms with van der Waals surface area (Å²) >= 11 is 1.53. The minimum atomic E-state index is -0.653. The topological polar surface area (TPSA) is 53.4 Å². The van der Waals surface area contributed by atoms with Crippen LogP contribution >= 0.6 is 11.3 Å². The zero-order valence-electron chi connectivity index (χ0n) is 10.3. The second-order valence-electron chi connectivity index (χ2n) is 4.57. The summed E-state index contributed by atoms with van der Waals surface area (Å²) in [5.74, 6) is 0. The zero-order chi connectivity index (χ0) is 13.0. The lowest BCUT2D eigenvalue weighted by atomic mass is 9.76. The van der Waals surface area contributed by atoms with Gasteiger partial charge < -0.3 is 10.2 Å². The molecule has 1 aromatic carbocycles. The first-order valence-electron chi connectivity index (χ1n) is 5.87. The summed E-state index contributed by atoms with van der Waals surface area (Å²) in [6.45, 7) is 1.81. The van der Waals surface area contributed by atoms with Crippen molar-refractivity contribution in [1.82, 2.24) is 4.98 Å². The maximum atomic E-state index is 9.77. The van der Waals surface area contributed by atoms with Gasteiger partial charge >= 0.3 is 0 Å². The van der Waals surface area contributed by atoms with E-state index >= 15 is 0 Å². The summed E-state index contributed by atoms with van der Waals surface area (Å²) in [6, 6.07) is 7.86. The van der Waals surface area contributed by atoms with E-state index in [2.05, 4.69) is 4.98 Å². The third kappa shape index (κ3) is 2.46. The van der Waals surface area contributed by atoms with Crippen LogP contribution in [0.5, 0.6) is 0 Å². The number of benzene rings is 1. The summed E-state index contributed by atoms with van der Waals surface area (Å²) in [5, 5.41) is 21.5. The number of rotatable bonds is 5. The Kier molecular flexibility index (Phi) is 4.11. The van der Waals surface area contributed by atoms with Crippen LogP contribution in [0.25, 0.3) is 0 Å². The first-order chi connectivity index (χ1) is 8.72. The summed E-state index contributed by atoms with van der Waals surface area (Å²) in [4.78, 5) is 4.25. The van der Waals surface area contributed by atoms with Gasteiger partial charge in [0.05, 0.1) is 24.4 Å². The van der Waals surface area contributed by atoms with Crippen molar-refractivity contribution in [3.63, 3.8) is 0 Å². The van der Waals surface area contributed by atoms with Gasteiger partial charge in [0.2, 0.25) is 0 Å². The van der Waals surface area contributed by atoms with Crippen LogP contribution in [0.3, 0.4) is 0 Å². The van der Waals surface area contributed by atoms with E-state index in [1.165, 1.54) is 11.3 Å². The highest BCUT2D eigenvalue weighted by Crippen LogP contribution is 2.30. The molecule has 0 saturated heterocycles. The Morgan fingerprint density at radius 1 is 1.22 bits per heavy atom. The van der Waals surface area contributed by atoms with E-state index in [-0.39, 0.29) is 13.2 Å². The largest absolute Gasteiger partial charge is 0.395 e. The van der Waals surface area contributed by atoms with Gasteiger partial charge in [-0.1, -0.05) is 24.3 Å². The highest BCUT2D eigenvalue weighted by molar-refractivity contribution is 7.07. The van der Waals surface area contributed by atoms with E-state index in [0.717, 1.165) is 16.8 Å². The third-order valence-electron chi connectivity index (χ3n) is 3.32.